The Labute approximate surface area is 391 Å². The molecule has 0 bridgehead atoms. The van der Waals surface area contributed by atoms with Crippen LogP contribution >= 0.6 is 0 Å². The topological polar surface area (TPSA) is 68.8 Å². The maximum Gasteiger partial charge on any atom is 0.137 e. The van der Waals surface area contributed by atoms with Crippen LogP contribution in [0, 0.1) is 13.8 Å². The van der Waals surface area contributed by atoms with Gasteiger partial charge in [-0.1, -0.05) is 101 Å². The Balaban J connectivity index is 0.00000121. The predicted molar refractivity (Wildman–Crippen MR) is 276 cm³/mol. The summed E-state index contributed by atoms with van der Waals surface area (Å²) in [6, 6.07) is 17.8. The van der Waals surface area contributed by atoms with E-state index in [1.54, 1.807) is 5.56 Å². The zero-order valence-electron chi connectivity index (χ0n) is 41.6. The van der Waals surface area contributed by atoms with Gasteiger partial charge in [0.2, 0.25) is 0 Å². The molecule has 3 aliphatic rings. The van der Waals surface area contributed by atoms with Crippen molar-refractivity contribution in [3.8, 4) is 0 Å². The van der Waals surface area contributed by atoms with E-state index in [1.165, 1.54) is 112 Å². The molecule has 0 amide bonds. The lowest BCUT2D eigenvalue weighted by Crippen LogP contribution is -2.38. The molecule has 0 aliphatic carbocycles. The molecular weight excluding hydrogens is 785 g/mol. The maximum absolute atomic E-state index is 6.25. The van der Waals surface area contributed by atoms with Crippen molar-refractivity contribution < 1.29 is 4.84 Å². The van der Waals surface area contributed by atoms with Crippen molar-refractivity contribution in [2.24, 2.45) is 0 Å². The predicted octanol–water partition coefficient (Wildman–Crippen LogP) is 11.1. The Kier molecular flexibility index (Phi) is 23.3. The van der Waals surface area contributed by atoms with Gasteiger partial charge in [0.15, 0.2) is 0 Å². The second kappa shape index (κ2) is 28.2. The molecule has 0 saturated carbocycles. The lowest BCUT2D eigenvalue weighted by molar-refractivity contribution is -0.204. The van der Waals surface area contributed by atoms with Crippen LogP contribution in [-0.2, 0) is 31.0 Å². The van der Waals surface area contributed by atoms with E-state index in [9.17, 15) is 0 Å². The maximum atomic E-state index is 6.25. The highest BCUT2D eigenvalue weighted by atomic mass is 16.7. The molecule has 8 nitrogen and oxygen atoms in total. The van der Waals surface area contributed by atoms with Crippen molar-refractivity contribution >= 4 is 30.0 Å². The second-order valence-electron chi connectivity index (χ2n) is 17.4. The molecule has 3 aromatic carbocycles. The number of nitrogens with zero attached hydrogens (tertiary/aromatic N) is 5. The number of hydrogen-bond donors (Lipinski definition) is 2. The number of aromatic nitrogens is 2. The first-order valence-electron chi connectivity index (χ1n) is 24.9. The number of aryl methyl sites for hydroxylation is 3. The van der Waals surface area contributed by atoms with Crippen LogP contribution in [0.15, 0.2) is 73.8 Å². The van der Waals surface area contributed by atoms with Crippen LogP contribution in [-0.4, -0.2) is 92.1 Å². The molecule has 3 aliphatic heterocycles. The highest BCUT2D eigenvalue weighted by Crippen LogP contribution is 2.37. The van der Waals surface area contributed by atoms with Crippen LogP contribution in [0.2, 0.25) is 0 Å². The number of benzene rings is 3. The third kappa shape index (κ3) is 15.1. The van der Waals surface area contributed by atoms with Gasteiger partial charge in [0.25, 0.3) is 0 Å². The molecule has 2 fully saturated rings. The monoisotopic (exact) mass is 870 g/mol. The third-order valence-corrected chi connectivity index (χ3v) is 12.9. The molecule has 0 spiro atoms. The average molecular weight is 870 g/mol. The number of anilines is 1. The van der Waals surface area contributed by atoms with E-state index in [0.29, 0.717) is 25.0 Å². The lowest BCUT2D eigenvalue weighted by atomic mass is 9.83. The smallest absolute Gasteiger partial charge is 0.137 e. The number of fused-ring (bicyclic) bond motifs is 2. The Morgan fingerprint density at radius 2 is 1.48 bits per heavy atom. The van der Waals surface area contributed by atoms with Gasteiger partial charge >= 0.3 is 0 Å². The number of unbranched alkanes of at least 4 members (excludes halogenated alkanes) is 2. The van der Waals surface area contributed by atoms with Gasteiger partial charge in [-0.3, -0.25) is 4.84 Å². The fourth-order valence-corrected chi connectivity index (χ4v) is 9.69. The number of rotatable bonds is 17. The number of allylic oxidation sites excluding steroid dienone is 1. The molecule has 4 heterocycles. The number of hydroxylamine groups is 2. The zero-order chi connectivity index (χ0) is 46.4. The largest absolute Gasteiger partial charge is 0.365 e. The molecule has 7 rings (SSSR count). The van der Waals surface area contributed by atoms with Crippen LogP contribution in [0.3, 0.4) is 0 Å². The van der Waals surface area contributed by atoms with Crippen LogP contribution in [0.4, 0.5) is 5.82 Å². The van der Waals surface area contributed by atoms with Crippen LogP contribution in [0.1, 0.15) is 149 Å². The van der Waals surface area contributed by atoms with Crippen molar-refractivity contribution in [3.63, 3.8) is 0 Å². The zero-order valence-corrected chi connectivity index (χ0v) is 41.6. The summed E-state index contributed by atoms with van der Waals surface area (Å²) in [5, 5.41) is 9.60. The summed E-state index contributed by atoms with van der Waals surface area (Å²) < 4.78 is 0. The SMILES string of the molecule is CC.CC.CNC.[B]c1cccc(CNc2nc(C)nc3cc(C4CCN(CCCCCN5CCC(c6cc(C)cc7c6CN(C(C=C)CCC=C)OC7)CC5)CC4)c(CC)cc23)c1. The molecule has 1 aromatic heterocycles. The van der Waals surface area contributed by atoms with Gasteiger partial charge in [-0.05, 0) is 182 Å². The molecule has 1 unspecified atom stereocenters. The van der Waals surface area contributed by atoms with Gasteiger partial charge in [0, 0.05) is 11.9 Å². The lowest BCUT2D eigenvalue weighted by Gasteiger charge is -2.37. The third-order valence-electron chi connectivity index (χ3n) is 12.9. The normalized spacial score (nSPS) is 16.6. The highest BCUT2D eigenvalue weighted by molar-refractivity contribution is 6.32. The summed E-state index contributed by atoms with van der Waals surface area (Å²) in [5.74, 6) is 2.93. The fraction of sp³-hybridized carbons (Fsp3) is 0.564. The van der Waals surface area contributed by atoms with Crippen LogP contribution < -0.4 is 16.1 Å². The van der Waals surface area contributed by atoms with Gasteiger partial charge in [0.05, 0.1) is 24.7 Å². The molecule has 1 atom stereocenters. The molecule has 2 N–H and O–H groups in total. The number of likely N-dealkylation sites (tertiary alicyclic amines) is 2. The van der Waals surface area contributed by atoms with Crippen molar-refractivity contribution in [1.82, 2.24) is 30.1 Å². The molecule has 2 saturated heterocycles. The van der Waals surface area contributed by atoms with E-state index >= 15 is 0 Å². The molecule has 64 heavy (non-hydrogen) atoms. The molecule has 9 heteroatoms. The standard InChI is InChI=1S/C49H65BN6O.C2H7N.2C2H6/c1-6-9-16-43(8-3)56-33-47-41(34-57-56)27-35(4)28-45(47)40-19-25-55(26-20-40)22-12-10-11-21-54-23-17-39(18-24-54)44-31-48-46(30-38(44)7-2)49(53-36(5)52-48)51-32-37-14-13-15-42(50)29-37;1-3-2;2*1-2/h6,8,13-15,27-31,39-40,43H,1,3,7,9-12,16-26,32-34H2,2,4-5H3,(H,51,52,53);3H,1-2H3;2*1-2H3. The molecular formula is C55H84BN7O. The first-order valence-corrected chi connectivity index (χ1v) is 24.9. The van der Waals surface area contributed by atoms with Gasteiger partial charge in [-0.25, -0.2) is 9.97 Å². The van der Waals surface area contributed by atoms with Gasteiger partial charge in [-0.15, -0.1) is 13.2 Å². The van der Waals surface area contributed by atoms with E-state index in [1.807, 2.05) is 79.1 Å². The summed E-state index contributed by atoms with van der Waals surface area (Å²) in [4.78, 5) is 21.4. The number of hydrogen-bond acceptors (Lipinski definition) is 8. The van der Waals surface area contributed by atoms with Gasteiger partial charge in [0.1, 0.15) is 19.5 Å². The molecule has 4 aromatic rings. The van der Waals surface area contributed by atoms with Crippen molar-refractivity contribution in [3.05, 3.63) is 119 Å². The highest BCUT2D eigenvalue weighted by Gasteiger charge is 2.29. The number of piperidine rings is 2. The van der Waals surface area contributed by atoms with Crippen molar-refractivity contribution in [2.75, 3.05) is 58.7 Å². The molecule has 2 radical (unpaired) electrons. The first-order chi connectivity index (χ1) is 31.2. The Morgan fingerprint density at radius 3 is 2.08 bits per heavy atom. The Bertz CT molecular complexity index is 2000. The van der Waals surface area contributed by atoms with Crippen molar-refractivity contribution in [1.29, 1.82) is 0 Å². The summed E-state index contributed by atoms with van der Waals surface area (Å²) in [7, 11) is 9.78. The summed E-state index contributed by atoms with van der Waals surface area (Å²) in [6.45, 7) is 32.0. The van der Waals surface area contributed by atoms with Gasteiger partial charge < -0.3 is 20.4 Å². The van der Waals surface area contributed by atoms with Crippen molar-refractivity contribution in [2.45, 2.75) is 150 Å². The second-order valence-corrected chi connectivity index (χ2v) is 17.4. The van der Waals surface area contributed by atoms with E-state index in [2.05, 4.69) is 82.8 Å². The van der Waals surface area contributed by atoms with E-state index in [0.717, 1.165) is 59.4 Å². The first kappa shape index (κ1) is 52.8. The Morgan fingerprint density at radius 1 is 0.844 bits per heavy atom. The number of nitrogens with one attached hydrogen (secondary N) is 2. The summed E-state index contributed by atoms with van der Waals surface area (Å²) in [5.41, 5.74) is 11.7. The van der Waals surface area contributed by atoms with Crippen LogP contribution in [0.25, 0.3) is 10.9 Å². The van der Waals surface area contributed by atoms with E-state index in [-0.39, 0.29) is 6.04 Å². The van der Waals surface area contributed by atoms with E-state index in [4.69, 9.17) is 22.7 Å². The van der Waals surface area contributed by atoms with Crippen LogP contribution in [0.5, 0.6) is 0 Å². The Hall–Kier alpha value is -3.86. The summed E-state index contributed by atoms with van der Waals surface area (Å²) in [6.07, 6.45) is 15.9. The molecule has 348 valence electrons. The van der Waals surface area contributed by atoms with E-state index < -0.39 is 0 Å². The van der Waals surface area contributed by atoms with Gasteiger partial charge in [-0.2, -0.15) is 5.06 Å². The summed E-state index contributed by atoms with van der Waals surface area (Å²) >= 11 is 0. The minimum atomic E-state index is 0.216. The minimum absolute atomic E-state index is 0.216. The fourth-order valence-electron chi connectivity index (χ4n) is 9.69. The quantitative estimate of drug-likeness (QED) is 0.0618. The minimum Gasteiger partial charge on any atom is -0.365 e. The average Bonchev–Trinajstić information content (AvgIpc) is 3.32.